The molecule has 0 radical (unpaired) electrons. The van der Waals surface area contributed by atoms with Gasteiger partial charge in [-0.05, 0) is 61.7 Å². The standard InChI is InChI=1S/C19H20BrNO/c1-15-5-4-6-18(13-15)22-12-3-2-10-21-11-9-16-14-17(20)7-8-19(16)21/h4-9,11,13-14H,2-3,10,12H2,1H3. The number of ether oxygens (including phenoxy) is 1. The lowest BCUT2D eigenvalue weighted by molar-refractivity contribution is 0.303. The zero-order valence-electron chi connectivity index (χ0n) is 12.8. The molecule has 1 heterocycles. The topological polar surface area (TPSA) is 14.2 Å². The zero-order valence-corrected chi connectivity index (χ0v) is 14.3. The number of aromatic nitrogens is 1. The molecule has 22 heavy (non-hydrogen) atoms. The maximum absolute atomic E-state index is 5.79. The monoisotopic (exact) mass is 357 g/mol. The van der Waals surface area contributed by atoms with E-state index < -0.39 is 0 Å². The van der Waals surface area contributed by atoms with Crippen molar-refractivity contribution in [1.29, 1.82) is 0 Å². The number of rotatable bonds is 6. The molecule has 0 N–H and O–H groups in total. The summed E-state index contributed by atoms with van der Waals surface area (Å²) < 4.78 is 9.24. The molecule has 1 aromatic heterocycles. The predicted octanol–water partition coefficient (Wildman–Crippen LogP) is 5.57. The first-order valence-corrected chi connectivity index (χ1v) is 8.45. The molecule has 0 fully saturated rings. The summed E-state index contributed by atoms with van der Waals surface area (Å²) in [5, 5.41) is 1.28. The molecule has 0 spiro atoms. The minimum absolute atomic E-state index is 0.772. The van der Waals surface area contributed by atoms with Crippen molar-refractivity contribution in [2.24, 2.45) is 0 Å². The molecular weight excluding hydrogens is 338 g/mol. The maximum atomic E-state index is 5.79. The Kier molecular flexibility index (Phi) is 4.84. The minimum atomic E-state index is 0.772. The van der Waals surface area contributed by atoms with Crippen LogP contribution in [0, 0.1) is 6.92 Å². The quantitative estimate of drug-likeness (QED) is 0.526. The highest BCUT2D eigenvalue weighted by Gasteiger charge is 2.01. The van der Waals surface area contributed by atoms with Gasteiger partial charge in [0, 0.05) is 28.1 Å². The summed E-state index contributed by atoms with van der Waals surface area (Å²) in [6.45, 7) is 3.89. The molecule has 0 bridgehead atoms. The Hall–Kier alpha value is -1.74. The first kappa shape index (κ1) is 15.2. The van der Waals surface area contributed by atoms with E-state index in [1.165, 1.54) is 16.5 Å². The van der Waals surface area contributed by atoms with Crippen LogP contribution in [0.3, 0.4) is 0 Å². The van der Waals surface area contributed by atoms with Gasteiger partial charge < -0.3 is 9.30 Å². The first-order chi connectivity index (χ1) is 10.7. The second kappa shape index (κ2) is 7.01. The normalized spacial score (nSPS) is 11.0. The van der Waals surface area contributed by atoms with Crippen molar-refractivity contribution in [2.45, 2.75) is 26.3 Å². The van der Waals surface area contributed by atoms with E-state index in [2.05, 4.69) is 70.0 Å². The summed E-state index contributed by atoms with van der Waals surface area (Å²) in [6.07, 6.45) is 4.34. The molecule has 3 aromatic rings. The molecule has 0 saturated carbocycles. The highest BCUT2D eigenvalue weighted by molar-refractivity contribution is 9.10. The van der Waals surface area contributed by atoms with E-state index in [1.807, 2.05) is 12.1 Å². The third kappa shape index (κ3) is 3.72. The zero-order chi connectivity index (χ0) is 15.4. The lowest BCUT2D eigenvalue weighted by atomic mass is 10.2. The van der Waals surface area contributed by atoms with Gasteiger partial charge in [0.2, 0.25) is 0 Å². The largest absolute Gasteiger partial charge is 0.494 e. The van der Waals surface area contributed by atoms with Crippen molar-refractivity contribution in [1.82, 2.24) is 4.57 Å². The van der Waals surface area contributed by atoms with Crippen LogP contribution in [0.1, 0.15) is 18.4 Å². The van der Waals surface area contributed by atoms with Crippen LogP contribution in [0.15, 0.2) is 59.2 Å². The second-order valence-corrected chi connectivity index (χ2v) is 6.50. The number of fused-ring (bicyclic) bond motifs is 1. The minimum Gasteiger partial charge on any atom is -0.494 e. The smallest absolute Gasteiger partial charge is 0.119 e. The van der Waals surface area contributed by atoms with E-state index in [-0.39, 0.29) is 0 Å². The average Bonchev–Trinajstić information content (AvgIpc) is 2.89. The molecule has 2 nitrogen and oxygen atoms in total. The first-order valence-electron chi connectivity index (χ1n) is 7.66. The van der Waals surface area contributed by atoms with Gasteiger partial charge in [-0.15, -0.1) is 0 Å². The molecule has 0 atom stereocenters. The third-order valence-corrected chi connectivity index (χ3v) is 4.28. The third-order valence-electron chi connectivity index (χ3n) is 3.78. The molecule has 0 saturated heterocycles. The molecule has 0 unspecified atom stereocenters. The molecule has 0 aliphatic carbocycles. The molecule has 3 heteroatoms. The highest BCUT2D eigenvalue weighted by Crippen LogP contribution is 2.21. The molecule has 114 valence electrons. The van der Waals surface area contributed by atoms with E-state index in [9.17, 15) is 0 Å². The Morgan fingerprint density at radius 3 is 2.82 bits per heavy atom. The summed E-state index contributed by atoms with van der Waals surface area (Å²) in [4.78, 5) is 0. The van der Waals surface area contributed by atoms with E-state index >= 15 is 0 Å². The van der Waals surface area contributed by atoms with Gasteiger partial charge in [0.1, 0.15) is 5.75 Å². The van der Waals surface area contributed by atoms with E-state index in [1.54, 1.807) is 0 Å². The van der Waals surface area contributed by atoms with Crippen LogP contribution in [0.25, 0.3) is 10.9 Å². The molecule has 0 amide bonds. The fourth-order valence-electron chi connectivity index (χ4n) is 2.65. The lowest BCUT2D eigenvalue weighted by Crippen LogP contribution is -2.01. The van der Waals surface area contributed by atoms with Crippen LogP contribution < -0.4 is 4.74 Å². The fourth-order valence-corrected chi connectivity index (χ4v) is 3.02. The number of benzene rings is 2. The Morgan fingerprint density at radius 1 is 1.05 bits per heavy atom. The summed E-state index contributed by atoms with van der Waals surface area (Å²) in [5.74, 6) is 0.969. The van der Waals surface area contributed by atoms with Gasteiger partial charge in [0.15, 0.2) is 0 Å². The molecular formula is C19H20BrNO. The molecule has 0 aliphatic heterocycles. The van der Waals surface area contributed by atoms with Gasteiger partial charge in [0.05, 0.1) is 6.61 Å². The van der Waals surface area contributed by atoms with Gasteiger partial charge in [-0.3, -0.25) is 0 Å². The van der Waals surface area contributed by atoms with Crippen LogP contribution in [0.5, 0.6) is 5.75 Å². The summed E-state index contributed by atoms with van der Waals surface area (Å²) in [7, 11) is 0. The Labute approximate surface area is 139 Å². The number of nitrogens with zero attached hydrogens (tertiary/aromatic N) is 1. The van der Waals surface area contributed by atoms with Crippen LogP contribution in [0.2, 0.25) is 0 Å². The van der Waals surface area contributed by atoms with E-state index in [0.29, 0.717) is 0 Å². The second-order valence-electron chi connectivity index (χ2n) is 5.58. The van der Waals surface area contributed by atoms with Crippen molar-refractivity contribution in [3.8, 4) is 5.75 Å². The Bertz CT molecular complexity index is 763. The molecule has 2 aromatic carbocycles. The van der Waals surface area contributed by atoms with Crippen LogP contribution in [-0.4, -0.2) is 11.2 Å². The van der Waals surface area contributed by atoms with Crippen LogP contribution in [0.4, 0.5) is 0 Å². The summed E-state index contributed by atoms with van der Waals surface area (Å²) in [6, 6.07) is 16.8. The average molecular weight is 358 g/mol. The fraction of sp³-hybridized carbons (Fsp3) is 0.263. The Balaban J connectivity index is 1.48. The van der Waals surface area contributed by atoms with Crippen molar-refractivity contribution in [3.63, 3.8) is 0 Å². The highest BCUT2D eigenvalue weighted by atomic mass is 79.9. The number of hydrogen-bond donors (Lipinski definition) is 0. The van der Waals surface area contributed by atoms with Gasteiger partial charge in [0.25, 0.3) is 0 Å². The number of unbranched alkanes of at least 4 members (excludes halogenated alkanes) is 1. The summed E-state index contributed by atoms with van der Waals surface area (Å²) >= 11 is 3.52. The van der Waals surface area contributed by atoms with Crippen molar-refractivity contribution < 1.29 is 4.74 Å². The predicted molar refractivity (Wildman–Crippen MR) is 95.5 cm³/mol. The molecule has 3 rings (SSSR count). The summed E-state index contributed by atoms with van der Waals surface area (Å²) in [5.41, 5.74) is 2.53. The van der Waals surface area contributed by atoms with Crippen LogP contribution in [-0.2, 0) is 6.54 Å². The van der Waals surface area contributed by atoms with Gasteiger partial charge in [-0.1, -0.05) is 28.1 Å². The van der Waals surface area contributed by atoms with Crippen molar-refractivity contribution in [3.05, 3.63) is 64.8 Å². The lowest BCUT2D eigenvalue weighted by Gasteiger charge is -2.08. The number of halogens is 1. The van der Waals surface area contributed by atoms with Crippen LogP contribution >= 0.6 is 15.9 Å². The SMILES string of the molecule is Cc1cccc(OCCCCn2ccc3cc(Br)ccc32)c1. The van der Waals surface area contributed by atoms with Crippen molar-refractivity contribution >= 4 is 26.8 Å². The molecule has 0 aliphatic rings. The van der Waals surface area contributed by atoms with E-state index in [4.69, 9.17) is 4.74 Å². The number of aryl methyl sites for hydroxylation is 2. The van der Waals surface area contributed by atoms with Crippen molar-refractivity contribution in [2.75, 3.05) is 6.61 Å². The number of hydrogen-bond acceptors (Lipinski definition) is 1. The van der Waals surface area contributed by atoms with Gasteiger partial charge in [-0.2, -0.15) is 0 Å². The van der Waals surface area contributed by atoms with Gasteiger partial charge >= 0.3 is 0 Å². The maximum Gasteiger partial charge on any atom is 0.119 e. The van der Waals surface area contributed by atoms with E-state index in [0.717, 1.165) is 36.2 Å². The van der Waals surface area contributed by atoms with Gasteiger partial charge in [-0.25, -0.2) is 0 Å². The Morgan fingerprint density at radius 2 is 1.95 bits per heavy atom.